The van der Waals surface area contributed by atoms with Gasteiger partial charge < -0.3 is 10.0 Å². The minimum atomic E-state index is 0.231. The lowest BCUT2D eigenvalue weighted by atomic mass is 10.1. The number of hydrogen-bond acceptors (Lipinski definition) is 2. The van der Waals surface area contributed by atoms with E-state index in [9.17, 15) is 4.79 Å². The number of aliphatic hydroxyl groups excluding tert-OH is 1. The van der Waals surface area contributed by atoms with Crippen LogP contribution in [0, 0.1) is 11.8 Å². The number of nitrogens with zero attached hydrogens (tertiary/aromatic N) is 1. The molecule has 3 heteroatoms. The van der Waals surface area contributed by atoms with Crippen molar-refractivity contribution in [3.05, 3.63) is 0 Å². The summed E-state index contributed by atoms with van der Waals surface area (Å²) in [5, 5.41) is 8.88. The van der Waals surface area contributed by atoms with E-state index < -0.39 is 0 Å². The molecule has 1 atom stereocenters. The Hall–Kier alpha value is -0.570. The summed E-state index contributed by atoms with van der Waals surface area (Å²) in [5.74, 6) is 1.00. The lowest BCUT2D eigenvalue weighted by molar-refractivity contribution is -0.131. The normalized spacial score (nSPS) is 29.4. The molecular weight excluding hydrogens is 154 g/mol. The molecule has 0 bridgehead atoms. The van der Waals surface area contributed by atoms with E-state index in [0.29, 0.717) is 17.7 Å². The number of likely N-dealkylation sites (tertiary alicyclic amines) is 1. The Morgan fingerprint density at radius 3 is 2.67 bits per heavy atom. The van der Waals surface area contributed by atoms with Gasteiger partial charge in [0.1, 0.15) is 0 Å². The van der Waals surface area contributed by atoms with Gasteiger partial charge in [0.15, 0.2) is 0 Å². The van der Waals surface area contributed by atoms with E-state index in [0.717, 1.165) is 32.4 Å². The molecule has 3 nitrogen and oxygen atoms in total. The van der Waals surface area contributed by atoms with Crippen molar-refractivity contribution >= 4 is 5.91 Å². The van der Waals surface area contributed by atoms with Gasteiger partial charge in [0.05, 0.1) is 0 Å². The van der Waals surface area contributed by atoms with E-state index in [2.05, 4.69) is 0 Å². The fourth-order valence-corrected chi connectivity index (χ4v) is 1.77. The van der Waals surface area contributed by atoms with E-state index in [4.69, 9.17) is 5.11 Å². The molecule has 0 aromatic heterocycles. The van der Waals surface area contributed by atoms with Crippen molar-refractivity contribution in [3.8, 4) is 0 Å². The molecule has 2 rings (SSSR count). The smallest absolute Gasteiger partial charge is 0.225 e. The second kappa shape index (κ2) is 3.05. The Morgan fingerprint density at radius 2 is 2.17 bits per heavy atom. The second-order valence-electron chi connectivity index (χ2n) is 3.90. The largest absolute Gasteiger partial charge is 0.396 e. The van der Waals surface area contributed by atoms with Crippen molar-refractivity contribution in [1.82, 2.24) is 4.90 Å². The molecule has 1 aliphatic heterocycles. The number of amides is 1. The molecule has 1 unspecified atom stereocenters. The number of carbonyl (C=O) groups is 1. The van der Waals surface area contributed by atoms with Crippen LogP contribution in [-0.4, -0.2) is 35.6 Å². The van der Waals surface area contributed by atoms with Gasteiger partial charge in [0.25, 0.3) is 0 Å². The molecule has 1 N–H and O–H groups in total. The predicted octanol–water partition coefficient (Wildman–Crippen LogP) is 0.237. The molecule has 2 fully saturated rings. The summed E-state index contributed by atoms with van der Waals surface area (Å²) in [7, 11) is 0. The van der Waals surface area contributed by atoms with Gasteiger partial charge in [-0.15, -0.1) is 0 Å². The molecule has 0 spiro atoms. The molecule has 1 saturated carbocycles. The molecule has 12 heavy (non-hydrogen) atoms. The van der Waals surface area contributed by atoms with Crippen LogP contribution in [0.5, 0.6) is 0 Å². The average molecular weight is 169 g/mol. The van der Waals surface area contributed by atoms with E-state index >= 15 is 0 Å². The van der Waals surface area contributed by atoms with Crippen LogP contribution in [0.1, 0.15) is 19.3 Å². The molecular formula is C9H15NO2. The highest BCUT2D eigenvalue weighted by atomic mass is 16.3. The van der Waals surface area contributed by atoms with Crippen LogP contribution in [0.2, 0.25) is 0 Å². The quantitative estimate of drug-likeness (QED) is 0.643. The third-order valence-corrected chi connectivity index (χ3v) is 2.78. The maximum absolute atomic E-state index is 11.5. The molecule has 1 saturated heterocycles. The third-order valence-electron chi connectivity index (χ3n) is 2.78. The Labute approximate surface area is 72.4 Å². The fraction of sp³-hybridized carbons (Fsp3) is 0.889. The zero-order valence-electron chi connectivity index (χ0n) is 7.20. The zero-order chi connectivity index (χ0) is 8.55. The molecule has 0 aromatic rings. The molecule has 0 aromatic carbocycles. The summed E-state index contributed by atoms with van der Waals surface area (Å²) in [6.45, 7) is 1.88. The minimum Gasteiger partial charge on any atom is -0.396 e. The first-order valence-electron chi connectivity index (χ1n) is 4.71. The van der Waals surface area contributed by atoms with Gasteiger partial charge >= 0.3 is 0 Å². The Kier molecular flexibility index (Phi) is 2.05. The monoisotopic (exact) mass is 169 g/mol. The van der Waals surface area contributed by atoms with Gasteiger partial charge in [-0.2, -0.15) is 0 Å². The number of hydrogen-bond donors (Lipinski definition) is 1. The number of aliphatic hydroxyl groups is 1. The molecule has 0 radical (unpaired) electrons. The van der Waals surface area contributed by atoms with E-state index in [-0.39, 0.29) is 6.61 Å². The van der Waals surface area contributed by atoms with E-state index in [1.165, 1.54) is 0 Å². The van der Waals surface area contributed by atoms with Crippen LogP contribution < -0.4 is 0 Å². The Bertz CT molecular complexity index is 189. The average Bonchev–Trinajstić information content (AvgIpc) is 2.82. The summed E-state index contributed by atoms with van der Waals surface area (Å²) in [4.78, 5) is 13.4. The zero-order valence-corrected chi connectivity index (χ0v) is 7.20. The van der Waals surface area contributed by atoms with Gasteiger partial charge in [-0.25, -0.2) is 0 Å². The van der Waals surface area contributed by atoms with Gasteiger partial charge in [-0.1, -0.05) is 0 Å². The van der Waals surface area contributed by atoms with Crippen molar-refractivity contribution in [2.45, 2.75) is 19.3 Å². The van der Waals surface area contributed by atoms with Gasteiger partial charge in [0.2, 0.25) is 5.91 Å². The Balaban J connectivity index is 1.85. The molecule has 68 valence electrons. The van der Waals surface area contributed by atoms with Gasteiger partial charge in [-0.3, -0.25) is 4.79 Å². The van der Waals surface area contributed by atoms with Crippen molar-refractivity contribution in [2.24, 2.45) is 11.8 Å². The standard InChI is InChI=1S/C9H15NO2/c11-6-7-3-4-10(5-7)9(12)8-1-2-8/h7-8,11H,1-6H2. The summed E-state index contributed by atoms with van der Waals surface area (Å²) < 4.78 is 0. The maximum atomic E-state index is 11.5. The van der Waals surface area contributed by atoms with Gasteiger partial charge in [0, 0.05) is 31.5 Å². The number of rotatable bonds is 2. The minimum absolute atomic E-state index is 0.231. The maximum Gasteiger partial charge on any atom is 0.225 e. The topological polar surface area (TPSA) is 40.5 Å². The first kappa shape index (κ1) is 8.05. The first-order chi connectivity index (χ1) is 5.81. The molecule has 1 amide bonds. The summed E-state index contributed by atoms with van der Waals surface area (Å²) >= 11 is 0. The Morgan fingerprint density at radius 1 is 1.42 bits per heavy atom. The summed E-state index contributed by atoms with van der Waals surface area (Å²) in [5.41, 5.74) is 0. The highest BCUT2D eigenvalue weighted by molar-refractivity contribution is 5.81. The molecule has 1 heterocycles. The molecule has 1 aliphatic carbocycles. The van der Waals surface area contributed by atoms with Crippen molar-refractivity contribution < 1.29 is 9.90 Å². The third kappa shape index (κ3) is 1.46. The second-order valence-corrected chi connectivity index (χ2v) is 3.90. The summed E-state index contributed by atoms with van der Waals surface area (Å²) in [6.07, 6.45) is 3.15. The van der Waals surface area contributed by atoms with Crippen molar-refractivity contribution in [3.63, 3.8) is 0 Å². The van der Waals surface area contributed by atoms with Crippen molar-refractivity contribution in [2.75, 3.05) is 19.7 Å². The SMILES string of the molecule is O=C(C1CC1)N1CCC(CO)C1. The van der Waals surface area contributed by atoms with E-state index in [1.54, 1.807) is 0 Å². The van der Waals surface area contributed by atoms with Crippen LogP contribution >= 0.6 is 0 Å². The lowest BCUT2D eigenvalue weighted by Gasteiger charge is -2.15. The molecule has 2 aliphatic rings. The number of carbonyl (C=O) groups excluding carboxylic acids is 1. The van der Waals surface area contributed by atoms with E-state index in [1.807, 2.05) is 4.90 Å². The highest BCUT2D eigenvalue weighted by Crippen LogP contribution is 2.32. The lowest BCUT2D eigenvalue weighted by Crippen LogP contribution is -2.30. The predicted molar refractivity (Wildman–Crippen MR) is 44.5 cm³/mol. The van der Waals surface area contributed by atoms with Crippen molar-refractivity contribution in [1.29, 1.82) is 0 Å². The van der Waals surface area contributed by atoms with Crippen LogP contribution in [-0.2, 0) is 4.79 Å². The first-order valence-corrected chi connectivity index (χ1v) is 4.71. The van der Waals surface area contributed by atoms with Crippen LogP contribution in [0.15, 0.2) is 0 Å². The van der Waals surface area contributed by atoms with Crippen LogP contribution in [0.4, 0.5) is 0 Å². The highest BCUT2D eigenvalue weighted by Gasteiger charge is 2.36. The van der Waals surface area contributed by atoms with Gasteiger partial charge in [-0.05, 0) is 19.3 Å². The van der Waals surface area contributed by atoms with Crippen LogP contribution in [0.25, 0.3) is 0 Å². The van der Waals surface area contributed by atoms with Crippen LogP contribution in [0.3, 0.4) is 0 Å². The summed E-state index contributed by atoms with van der Waals surface area (Å²) in [6, 6.07) is 0. The fourth-order valence-electron chi connectivity index (χ4n) is 1.77.